The van der Waals surface area contributed by atoms with Gasteiger partial charge in [-0.2, -0.15) is 0 Å². The molecule has 1 aromatic rings. The van der Waals surface area contributed by atoms with E-state index in [2.05, 4.69) is 4.98 Å². The number of hydrogen-bond donors (Lipinski definition) is 0. The van der Waals surface area contributed by atoms with E-state index in [0.29, 0.717) is 11.3 Å². The molecular formula is C12H19N3O2. The van der Waals surface area contributed by atoms with Crippen molar-refractivity contribution in [2.24, 2.45) is 0 Å². The van der Waals surface area contributed by atoms with E-state index < -0.39 is 4.92 Å². The van der Waals surface area contributed by atoms with E-state index in [-0.39, 0.29) is 5.69 Å². The Morgan fingerprint density at radius 2 is 2.00 bits per heavy atom. The van der Waals surface area contributed by atoms with Gasteiger partial charge in [-0.3, -0.25) is 15.1 Å². The number of aromatic nitrogens is 1. The first-order valence-corrected chi connectivity index (χ1v) is 5.47. The molecule has 0 unspecified atom stereocenters. The molecular weight excluding hydrogens is 218 g/mol. The van der Waals surface area contributed by atoms with Crippen molar-refractivity contribution in [3.05, 3.63) is 39.8 Å². The highest BCUT2D eigenvalue weighted by Gasteiger charge is 2.15. The van der Waals surface area contributed by atoms with Gasteiger partial charge in [0.2, 0.25) is 0 Å². The lowest BCUT2D eigenvalue weighted by atomic mass is 10.2. The number of hydrogen-bond acceptors (Lipinski definition) is 4. The minimum absolute atomic E-state index is 0.0654. The normalized spacial score (nSPS) is 9.71. The smallest absolute Gasteiger partial charge is 0.297 e. The highest BCUT2D eigenvalue weighted by Crippen LogP contribution is 2.22. The van der Waals surface area contributed by atoms with Gasteiger partial charge in [0.25, 0.3) is 5.69 Å². The molecule has 0 aliphatic carbocycles. The first kappa shape index (κ1) is 15.1. The zero-order valence-corrected chi connectivity index (χ0v) is 11.0. The maximum atomic E-state index is 10.8. The number of nitrogens with zero attached hydrogens (tertiary/aromatic N) is 3. The van der Waals surface area contributed by atoms with E-state index >= 15 is 0 Å². The second-order valence-electron chi connectivity index (χ2n) is 3.37. The molecule has 1 heterocycles. The van der Waals surface area contributed by atoms with Gasteiger partial charge in [0.1, 0.15) is 5.69 Å². The van der Waals surface area contributed by atoms with Crippen molar-refractivity contribution in [1.29, 1.82) is 0 Å². The Hall–Kier alpha value is -1.91. The molecule has 0 atom stereocenters. The van der Waals surface area contributed by atoms with Gasteiger partial charge in [0, 0.05) is 20.3 Å². The van der Waals surface area contributed by atoms with Crippen LogP contribution in [-0.4, -0.2) is 28.9 Å². The van der Waals surface area contributed by atoms with Crippen LogP contribution in [0.2, 0.25) is 0 Å². The van der Waals surface area contributed by atoms with Crippen LogP contribution in [0.1, 0.15) is 25.1 Å². The average Bonchev–Trinajstić information content (AvgIpc) is 2.28. The van der Waals surface area contributed by atoms with Crippen LogP contribution in [0.15, 0.2) is 18.5 Å². The van der Waals surface area contributed by atoms with Gasteiger partial charge in [0.15, 0.2) is 0 Å². The minimum atomic E-state index is -0.405. The van der Waals surface area contributed by atoms with Crippen LogP contribution in [0.25, 0.3) is 6.08 Å². The number of pyridine rings is 1. The SMILES string of the molecule is CC.Cc1nccc(/C=C/N(C)C)c1[N+](=O)[O-]. The Morgan fingerprint density at radius 3 is 2.47 bits per heavy atom. The third-order valence-electron chi connectivity index (χ3n) is 1.87. The molecule has 5 heteroatoms. The quantitative estimate of drug-likeness (QED) is 0.599. The van der Waals surface area contributed by atoms with Gasteiger partial charge in [-0.15, -0.1) is 0 Å². The van der Waals surface area contributed by atoms with Crippen molar-refractivity contribution in [2.45, 2.75) is 20.8 Å². The summed E-state index contributed by atoms with van der Waals surface area (Å²) in [6.07, 6.45) is 5.03. The van der Waals surface area contributed by atoms with Crippen molar-refractivity contribution >= 4 is 11.8 Å². The lowest BCUT2D eigenvalue weighted by molar-refractivity contribution is -0.385. The Kier molecular flexibility index (Phi) is 6.55. The van der Waals surface area contributed by atoms with Crippen molar-refractivity contribution in [2.75, 3.05) is 14.1 Å². The molecule has 0 aromatic carbocycles. The maximum absolute atomic E-state index is 10.8. The predicted octanol–water partition coefficient (Wildman–Crippen LogP) is 2.86. The topological polar surface area (TPSA) is 59.3 Å². The lowest BCUT2D eigenvalue weighted by Crippen LogP contribution is -2.01. The minimum Gasteiger partial charge on any atom is -0.383 e. The number of rotatable bonds is 3. The summed E-state index contributed by atoms with van der Waals surface area (Å²) >= 11 is 0. The zero-order valence-electron chi connectivity index (χ0n) is 11.0. The Labute approximate surface area is 102 Å². The molecule has 0 spiro atoms. The molecule has 0 saturated carbocycles. The van der Waals surface area contributed by atoms with Crippen LogP contribution >= 0.6 is 0 Å². The van der Waals surface area contributed by atoms with Gasteiger partial charge in [0.05, 0.1) is 10.5 Å². The summed E-state index contributed by atoms with van der Waals surface area (Å²) in [5, 5.41) is 10.8. The van der Waals surface area contributed by atoms with Crippen LogP contribution in [0.3, 0.4) is 0 Å². The van der Waals surface area contributed by atoms with Crippen LogP contribution < -0.4 is 0 Å². The molecule has 94 valence electrons. The lowest BCUT2D eigenvalue weighted by Gasteiger charge is -2.04. The van der Waals surface area contributed by atoms with Crippen LogP contribution in [0, 0.1) is 17.0 Å². The molecule has 0 fully saturated rings. The molecule has 0 aliphatic heterocycles. The van der Waals surface area contributed by atoms with Gasteiger partial charge in [-0.25, -0.2) is 0 Å². The fraction of sp³-hybridized carbons (Fsp3) is 0.417. The van der Waals surface area contributed by atoms with E-state index in [4.69, 9.17) is 0 Å². The first-order valence-electron chi connectivity index (χ1n) is 5.47. The van der Waals surface area contributed by atoms with E-state index in [1.54, 1.807) is 31.5 Å². The summed E-state index contributed by atoms with van der Waals surface area (Å²) in [5.41, 5.74) is 1.07. The largest absolute Gasteiger partial charge is 0.383 e. The van der Waals surface area contributed by atoms with Gasteiger partial charge in [-0.1, -0.05) is 13.8 Å². The standard InChI is InChI=1S/C10H13N3O2.C2H6/c1-8-10(13(14)15)9(4-6-11-8)5-7-12(2)3;1-2/h4-7H,1-3H3;1-2H3/b7-5+;. The van der Waals surface area contributed by atoms with E-state index in [0.717, 1.165) is 0 Å². The summed E-state index contributed by atoms with van der Waals surface area (Å²) in [4.78, 5) is 16.1. The van der Waals surface area contributed by atoms with Crippen LogP contribution in [-0.2, 0) is 0 Å². The molecule has 0 amide bonds. The summed E-state index contributed by atoms with van der Waals surface area (Å²) in [6.45, 7) is 5.63. The Balaban J connectivity index is 0.00000121. The van der Waals surface area contributed by atoms with Crippen molar-refractivity contribution < 1.29 is 4.92 Å². The third kappa shape index (κ3) is 4.63. The van der Waals surface area contributed by atoms with Crippen molar-refractivity contribution in [3.8, 4) is 0 Å². The summed E-state index contributed by atoms with van der Waals surface area (Å²) < 4.78 is 0. The molecule has 5 nitrogen and oxygen atoms in total. The van der Waals surface area contributed by atoms with Gasteiger partial charge < -0.3 is 4.90 Å². The molecule has 0 aliphatic rings. The fourth-order valence-electron chi connectivity index (χ4n) is 1.18. The summed E-state index contributed by atoms with van der Waals surface area (Å²) in [5.74, 6) is 0. The van der Waals surface area contributed by atoms with Gasteiger partial charge in [-0.05, 0) is 25.3 Å². The molecule has 0 saturated heterocycles. The van der Waals surface area contributed by atoms with E-state index in [9.17, 15) is 10.1 Å². The highest BCUT2D eigenvalue weighted by atomic mass is 16.6. The molecule has 0 N–H and O–H groups in total. The third-order valence-corrected chi connectivity index (χ3v) is 1.87. The highest BCUT2D eigenvalue weighted by molar-refractivity contribution is 5.61. The molecule has 1 rings (SSSR count). The maximum Gasteiger partial charge on any atom is 0.297 e. The molecule has 17 heavy (non-hydrogen) atoms. The Bertz CT molecular complexity index is 401. The molecule has 1 aromatic heterocycles. The van der Waals surface area contributed by atoms with Gasteiger partial charge >= 0.3 is 0 Å². The van der Waals surface area contributed by atoms with Crippen LogP contribution in [0.5, 0.6) is 0 Å². The van der Waals surface area contributed by atoms with Crippen LogP contribution in [0.4, 0.5) is 5.69 Å². The van der Waals surface area contributed by atoms with Crippen molar-refractivity contribution in [3.63, 3.8) is 0 Å². The predicted molar refractivity (Wildman–Crippen MR) is 69.7 cm³/mol. The second kappa shape index (κ2) is 7.38. The first-order chi connectivity index (χ1) is 8.02. The van der Waals surface area contributed by atoms with E-state index in [1.165, 1.54) is 0 Å². The summed E-state index contributed by atoms with van der Waals surface area (Å²) in [7, 11) is 3.72. The number of nitro groups is 1. The molecule has 0 bridgehead atoms. The number of aryl methyl sites for hydroxylation is 1. The Morgan fingerprint density at radius 1 is 1.41 bits per heavy atom. The van der Waals surface area contributed by atoms with Crippen molar-refractivity contribution in [1.82, 2.24) is 9.88 Å². The summed E-state index contributed by atoms with van der Waals surface area (Å²) in [6, 6.07) is 1.63. The average molecular weight is 237 g/mol. The monoisotopic (exact) mass is 237 g/mol. The zero-order chi connectivity index (χ0) is 13.4. The molecule has 0 radical (unpaired) electrons. The van der Waals surface area contributed by atoms with E-state index in [1.807, 2.05) is 32.8 Å². The second-order valence-corrected chi connectivity index (χ2v) is 3.37. The fourth-order valence-corrected chi connectivity index (χ4v) is 1.18.